The molecule has 3 heteroatoms. The topological polar surface area (TPSA) is 29.1 Å². The van der Waals surface area contributed by atoms with E-state index in [0.717, 1.165) is 19.3 Å². The van der Waals surface area contributed by atoms with E-state index in [1.54, 1.807) is 0 Å². The van der Waals surface area contributed by atoms with E-state index in [4.69, 9.17) is 0 Å². The van der Waals surface area contributed by atoms with E-state index in [2.05, 4.69) is 21.2 Å². The van der Waals surface area contributed by atoms with Crippen molar-refractivity contribution < 1.29 is 4.79 Å². The summed E-state index contributed by atoms with van der Waals surface area (Å²) in [7, 11) is 0. The van der Waals surface area contributed by atoms with Gasteiger partial charge in [0, 0.05) is 6.04 Å². The van der Waals surface area contributed by atoms with Gasteiger partial charge in [-0.3, -0.25) is 4.79 Å². The van der Waals surface area contributed by atoms with E-state index < -0.39 is 0 Å². The summed E-state index contributed by atoms with van der Waals surface area (Å²) in [6.07, 6.45) is 7.05. The number of amides is 1. The maximum atomic E-state index is 11.5. The van der Waals surface area contributed by atoms with Crippen LogP contribution in [0.25, 0.3) is 0 Å². The largest absolute Gasteiger partial charge is 0.352 e. The number of hydrogen-bond donors (Lipinski definition) is 1. The SMILES string of the molecule is CC[C@@H](Br)C(=O)NC1CCCCC1. The Hall–Kier alpha value is -0.0500. The van der Waals surface area contributed by atoms with E-state index in [-0.39, 0.29) is 10.7 Å². The Morgan fingerprint density at radius 3 is 2.62 bits per heavy atom. The minimum Gasteiger partial charge on any atom is -0.352 e. The van der Waals surface area contributed by atoms with E-state index in [0.29, 0.717) is 6.04 Å². The average molecular weight is 248 g/mol. The molecule has 1 saturated carbocycles. The molecule has 0 unspecified atom stereocenters. The van der Waals surface area contributed by atoms with Crippen LogP contribution in [0.4, 0.5) is 0 Å². The fraction of sp³-hybridized carbons (Fsp3) is 0.900. The maximum absolute atomic E-state index is 11.5. The molecule has 0 aromatic heterocycles. The molecule has 76 valence electrons. The van der Waals surface area contributed by atoms with Crippen molar-refractivity contribution in [1.29, 1.82) is 0 Å². The lowest BCUT2D eigenvalue weighted by molar-refractivity contribution is -0.121. The van der Waals surface area contributed by atoms with Crippen LogP contribution >= 0.6 is 15.9 Å². The third kappa shape index (κ3) is 3.67. The summed E-state index contributed by atoms with van der Waals surface area (Å²) in [5.41, 5.74) is 0. The molecule has 13 heavy (non-hydrogen) atoms. The third-order valence-electron chi connectivity index (χ3n) is 2.59. The van der Waals surface area contributed by atoms with Crippen molar-refractivity contribution in [2.45, 2.75) is 56.3 Å². The van der Waals surface area contributed by atoms with Crippen LogP contribution in [0.2, 0.25) is 0 Å². The van der Waals surface area contributed by atoms with Gasteiger partial charge in [0.15, 0.2) is 0 Å². The van der Waals surface area contributed by atoms with E-state index in [1.807, 2.05) is 6.92 Å². The van der Waals surface area contributed by atoms with Gasteiger partial charge >= 0.3 is 0 Å². The zero-order chi connectivity index (χ0) is 9.68. The second-order valence-electron chi connectivity index (χ2n) is 3.72. The van der Waals surface area contributed by atoms with Gasteiger partial charge in [0.1, 0.15) is 0 Å². The van der Waals surface area contributed by atoms with Crippen molar-refractivity contribution in [3.63, 3.8) is 0 Å². The highest BCUT2D eigenvalue weighted by molar-refractivity contribution is 9.10. The number of carbonyl (C=O) groups is 1. The minimum absolute atomic E-state index is 0.00516. The Labute approximate surface area is 88.6 Å². The highest BCUT2D eigenvalue weighted by Gasteiger charge is 2.18. The summed E-state index contributed by atoms with van der Waals surface area (Å²) in [5, 5.41) is 3.08. The zero-order valence-electron chi connectivity index (χ0n) is 8.18. The predicted molar refractivity (Wildman–Crippen MR) is 58.0 cm³/mol. The lowest BCUT2D eigenvalue weighted by Crippen LogP contribution is -2.40. The summed E-state index contributed by atoms with van der Waals surface area (Å²) >= 11 is 3.36. The Kier molecular flexibility index (Phi) is 4.78. The Bertz CT molecular complexity index is 166. The summed E-state index contributed by atoms with van der Waals surface area (Å²) in [6, 6.07) is 0.438. The van der Waals surface area contributed by atoms with Gasteiger partial charge in [0.25, 0.3) is 0 Å². The molecular weight excluding hydrogens is 230 g/mol. The molecule has 1 atom stereocenters. The van der Waals surface area contributed by atoms with E-state index in [1.165, 1.54) is 19.3 Å². The molecule has 0 aromatic carbocycles. The smallest absolute Gasteiger partial charge is 0.233 e. The normalized spacial score (nSPS) is 21.1. The van der Waals surface area contributed by atoms with E-state index in [9.17, 15) is 4.79 Å². The molecule has 1 N–H and O–H groups in total. The fourth-order valence-electron chi connectivity index (χ4n) is 1.72. The van der Waals surface area contributed by atoms with Gasteiger partial charge in [0.2, 0.25) is 5.91 Å². The van der Waals surface area contributed by atoms with Gasteiger partial charge in [-0.05, 0) is 19.3 Å². The first-order valence-electron chi connectivity index (χ1n) is 5.18. The quantitative estimate of drug-likeness (QED) is 0.764. The molecular formula is C10H18BrNO. The molecule has 0 bridgehead atoms. The molecule has 1 aliphatic rings. The first-order valence-corrected chi connectivity index (χ1v) is 6.10. The third-order valence-corrected chi connectivity index (χ3v) is 3.66. The first-order chi connectivity index (χ1) is 6.24. The van der Waals surface area contributed by atoms with Crippen molar-refractivity contribution in [2.24, 2.45) is 0 Å². The van der Waals surface area contributed by atoms with Crippen molar-refractivity contribution in [3.8, 4) is 0 Å². The molecule has 1 rings (SSSR count). The van der Waals surface area contributed by atoms with Crippen LogP contribution < -0.4 is 5.32 Å². The molecule has 1 aliphatic carbocycles. The second kappa shape index (κ2) is 5.63. The fourth-order valence-corrected chi connectivity index (χ4v) is 1.86. The van der Waals surface area contributed by atoms with Gasteiger partial charge in [-0.2, -0.15) is 0 Å². The number of nitrogens with one attached hydrogen (secondary N) is 1. The zero-order valence-corrected chi connectivity index (χ0v) is 9.77. The van der Waals surface area contributed by atoms with Crippen LogP contribution in [-0.2, 0) is 4.79 Å². The molecule has 0 saturated heterocycles. The molecule has 0 aromatic rings. The van der Waals surface area contributed by atoms with Crippen LogP contribution in [0.1, 0.15) is 45.4 Å². The lowest BCUT2D eigenvalue weighted by Gasteiger charge is -2.23. The van der Waals surface area contributed by atoms with Gasteiger partial charge in [-0.25, -0.2) is 0 Å². The minimum atomic E-state index is -0.00516. The van der Waals surface area contributed by atoms with Crippen molar-refractivity contribution in [1.82, 2.24) is 5.32 Å². The number of rotatable bonds is 3. The van der Waals surface area contributed by atoms with Gasteiger partial charge < -0.3 is 5.32 Å². The monoisotopic (exact) mass is 247 g/mol. The van der Waals surface area contributed by atoms with Crippen molar-refractivity contribution in [2.75, 3.05) is 0 Å². The second-order valence-corrected chi connectivity index (χ2v) is 4.82. The Balaban J connectivity index is 2.26. The first kappa shape index (κ1) is 11.0. The van der Waals surface area contributed by atoms with E-state index >= 15 is 0 Å². The van der Waals surface area contributed by atoms with Crippen LogP contribution in [0.15, 0.2) is 0 Å². The van der Waals surface area contributed by atoms with Crippen LogP contribution in [-0.4, -0.2) is 16.8 Å². The summed E-state index contributed by atoms with van der Waals surface area (Å²) in [4.78, 5) is 11.5. The average Bonchev–Trinajstić information content (AvgIpc) is 2.18. The molecule has 1 fully saturated rings. The standard InChI is InChI=1S/C10H18BrNO/c1-2-9(11)10(13)12-8-6-4-3-5-7-8/h8-9H,2-7H2,1H3,(H,12,13)/t9-/m1/s1. The van der Waals surface area contributed by atoms with Gasteiger partial charge in [0.05, 0.1) is 4.83 Å². The number of halogens is 1. The summed E-state index contributed by atoms with van der Waals surface area (Å²) in [6.45, 7) is 2.01. The molecule has 0 aliphatic heterocycles. The molecule has 0 radical (unpaired) electrons. The number of carbonyl (C=O) groups excluding carboxylic acids is 1. The molecule has 0 heterocycles. The number of alkyl halides is 1. The van der Waals surface area contributed by atoms with Gasteiger partial charge in [-0.1, -0.05) is 42.1 Å². The maximum Gasteiger partial charge on any atom is 0.233 e. The predicted octanol–water partition coefficient (Wildman–Crippen LogP) is 2.61. The van der Waals surface area contributed by atoms with Crippen LogP contribution in [0.5, 0.6) is 0 Å². The highest BCUT2D eigenvalue weighted by Crippen LogP contribution is 2.18. The molecule has 0 spiro atoms. The highest BCUT2D eigenvalue weighted by atomic mass is 79.9. The van der Waals surface area contributed by atoms with Crippen LogP contribution in [0.3, 0.4) is 0 Å². The summed E-state index contributed by atoms with van der Waals surface area (Å²) < 4.78 is 0. The molecule has 2 nitrogen and oxygen atoms in total. The lowest BCUT2D eigenvalue weighted by atomic mass is 9.95. The van der Waals surface area contributed by atoms with Gasteiger partial charge in [-0.15, -0.1) is 0 Å². The Morgan fingerprint density at radius 1 is 1.46 bits per heavy atom. The Morgan fingerprint density at radius 2 is 2.08 bits per heavy atom. The van der Waals surface area contributed by atoms with Crippen molar-refractivity contribution in [3.05, 3.63) is 0 Å². The number of hydrogen-bond acceptors (Lipinski definition) is 1. The van der Waals surface area contributed by atoms with Crippen molar-refractivity contribution >= 4 is 21.8 Å². The molecule has 1 amide bonds. The van der Waals surface area contributed by atoms with Crippen LogP contribution in [0, 0.1) is 0 Å². The summed E-state index contributed by atoms with van der Waals surface area (Å²) in [5.74, 6) is 0.161.